The second-order valence-corrected chi connectivity index (χ2v) is 3.16. The molecule has 0 aliphatic carbocycles. The van der Waals surface area contributed by atoms with Gasteiger partial charge in [-0.2, -0.15) is 0 Å². The van der Waals surface area contributed by atoms with Crippen LogP contribution in [0.2, 0.25) is 0 Å². The molecule has 0 saturated carbocycles. The minimum absolute atomic E-state index is 0.0927. The molecule has 80 valence electrons. The zero-order valence-corrected chi connectivity index (χ0v) is 8.33. The Kier molecular flexibility index (Phi) is 2.77. The second kappa shape index (κ2) is 4.39. The van der Waals surface area contributed by atoms with Crippen LogP contribution in [0.4, 0.5) is 5.69 Å². The van der Waals surface area contributed by atoms with Crippen molar-refractivity contribution in [3.63, 3.8) is 0 Å². The maximum atomic E-state index is 10.4. The van der Waals surface area contributed by atoms with Crippen molar-refractivity contribution in [3.8, 4) is 0 Å². The number of nitro groups is 1. The van der Waals surface area contributed by atoms with Crippen LogP contribution >= 0.6 is 0 Å². The molecule has 0 unspecified atom stereocenters. The molecule has 5 heteroatoms. The summed E-state index contributed by atoms with van der Waals surface area (Å²) in [4.78, 5) is 17.0. The summed E-state index contributed by atoms with van der Waals surface area (Å²) in [5, 5.41) is 10.4. The van der Waals surface area contributed by atoms with Gasteiger partial charge >= 0.3 is 0 Å². The van der Waals surface area contributed by atoms with Gasteiger partial charge in [-0.25, -0.2) is 4.98 Å². The number of aromatic amines is 1. The predicted octanol–water partition coefficient (Wildman–Crippen LogP) is 2.49. The Hall–Kier alpha value is -2.43. The number of hydrogen-bond donors (Lipinski definition) is 1. The van der Waals surface area contributed by atoms with Gasteiger partial charge in [0.2, 0.25) is 0 Å². The number of nitro benzene ring substituents is 1. The lowest BCUT2D eigenvalue weighted by Gasteiger charge is -1.93. The summed E-state index contributed by atoms with van der Waals surface area (Å²) in [6.07, 6.45) is 7.04. The Morgan fingerprint density at radius 2 is 2.00 bits per heavy atom. The number of nitrogens with one attached hydrogen (secondary N) is 1. The SMILES string of the molecule is O=[N+]([O-])c1ccc(C=Cc2ncc[nH]2)cc1. The number of nitrogens with zero attached hydrogens (tertiary/aromatic N) is 2. The van der Waals surface area contributed by atoms with Crippen molar-refractivity contribution >= 4 is 17.8 Å². The summed E-state index contributed by atoms with van der Waals surface area (Å²) >= 11 is 0. The molecule has 0 spiro atoms. The van der Waals surface area contributed by atoms with Gasteiger partial charge in [-0.05, 0) is 23.8 Å². The Morgan fingerprint density at radius 3 is 2.56 bits per heavy atom. The fraction of sp³-hybridized carbons (Fsp3) is 0. The van der Waals surface area contributed by atoms with Crippen LogP contribution in [-0.2, 0) is 0 Å². The number of rotatable bonds is 3. The van der Waals surface area contributed by atoms with Gasteiger partial charge < -0.3 is 4.98 Å². The molecule has 5 nitrogen and oxygen atoms in total. The number of non-ortho nitro benzene ring substituents is 1. The summed E-state index contributed by atoms with van der Waals surface area (Å²) in [5.41, 5.74) is 0.983. The number of benzene rings is 1. The Morgan fingerprint density at radius 1 is 1.25 bits per heavy atom. The molecule has 0 saturated heterocycles. The summed E-state index contributed by atoms with van der Waals surface area (Å²) in [7, 11) is 0. The van der Waals surface area contributed by atoms with E-state index in [1.54, 1.807) is 30.6 Å². The average Bonchev–Trinajstić information content (AvgIpc) is 2.80. The van der Waals surface area contributed by atoms with Gasteiger partial charge in [-0.3, -0.25) is 10.1 Å². The Balaban J connectivity index is 2.14. The average molecular weight is 215 g/mol. The molecule has 0 aliphatic rings. The maximum Gasteiger partial charge on any atom is 0.269 e. The molecular weight excluding hydrogens is 206 g/mol. The van der Waals surface area contributed by atoms with Crippen molar-refractivity contribution in [3.05, 3.63) is 58.2 Å². The number of aromatic nitrogens is 2. The minimum atomic E-state index is -0.417. The third-order valence-electron chi connectivity index (χ3n) is 2.06. The highest BCUT2D eigenvalue weighted by atomic mass is 16.6. The highest BCUT2D eigenvalue weighted by molar-refractivity contribution is 5.67. The monoisotopic (exact) mass is 215 g/mol. The topological polar surface area (TPSA) is 71.8 Å². The van der Waals surface area contributed by atoms with Crippen molar-refractivity contribution in [1.82, 2.24) is 9.97 Å². The van der Waals surface area contributed by atoms with E-state index in [2.05, 4.69) is 9.97 Å². The van der Waals surface area contributed by atoms with Crippen LogP contribution in [0, 0.1) is 10.1 Å². The molecule has 1 heterocycles. The first-order valence-corrected chi connectivity index (χ1v) is 4.67. The van der Waals surface area contributed by atoms with Gasteiger partial charge in [-0.1, -0.05) is 6.08 Å². The van der Waals surface area contributed by atoms with Crippen molar-refractivity contribution in [2.75, 3.05) is 0 Å². The molecule has 16 heavy (non-hydrogen) atoms. The lowest BCUT2D eigenvalue weighted by molar-refractivity contribution is -0.384. The zero-order chi connectivity index (χ0) is 11.4. The summed E-state index contributed by atoms with van der Waals surface area (Å²) in [5.74, 6) is 0.748. The fourth-order valence-corrected chi connectivity index (χ4v) is 1.25. The van der Waals surface area contributed by atoms with E-state index in [0.29, 0.717) is 0 Å². The molecular formula is C11H9N3O2. The molecule has 0 aliphatic heterocycles. The van der Waals surface area contributed by atoms with E-state index in [0.717, 1.165) is 11.4 Å². The van der Waals surface area contributed by atoms with Crippen LogP contribution in [0.5, 0.6) is 0 Å². The van der Waals surface area contributed by atoms with Crippen molar-refractivity contribution < 1.29 is 4.92 Å². The number of hydrogen-bond acceptors (Lipinski definition) is 3. The highest BCUT2D eigenvalue weighted by Gasteiger charge is 2.01. The molecule has 0 radical (unpaired) electrons. The molecule has 2 aromatic rings. The molecule has 0 atom stereocenters. The van der Waals surface area contributed by atoms with E-state index < -0.39 is 4.92 Å². The quantitative estimate of drug-likeness (QED) is 0.631. The van der Waals surface area contributed by atoms with E-state index in [1.165, 1.54) is 12.1 Å². The molecule has 0 amide bonds. The van der Waals surface area contributed by atoms with Crippen molar-refractivity contribution in [2.45, 2.75) is 0 Å². The first-order valence-electron chi connectivity index (χ1n) is 4.67. The predicted molar refractivity (Wildman–Crippen MR) is 60.6 cm³/mol. The van der Waals surface area contributed by atoms with E-state index in [-0.39, 0.29) is 5.69 Å². The summed E-state index contributed by atoms with van der Waals surface area (Å²) in [6.45, 7) is 0. The second-order valence-electron chi connectivity index (χ2n) is 3.16. The maximum absolute atomic E-state index is 10.4. The largest absolute Gasteiger partial charge is 0.345 e. The number of H-pyrrole nitrogens is 1. The van der Waals surface area contributed by atoms with Crippen LogP contribution < -0.4 is 0 Å². The molecule has 2 rings (SSSR count). The van der Waals surface area contributed by atoms with Gasteiger partial charge in [-0.15, -0.1) is 0 Å². The Bertz CT molecular complexity index is 501. The fourth-order valence-electron chi connectivity index (χ4n) is 1.25. The molecule has 0 bridgehead atoms. The molecule has 1 aromatic carbocycles. The summed E-state index contributed by atoms with van der Waals surface area (Å²) < 4.78 is 0. The number of imidazole rings is 1. The Labute approximate surface area is 91.6 Å². The minimum Gasteiger partial charge on any atom is -0.345 e. The first-order chi connectivity index (χ1) is 7.75. The highest BCUT2D eigenvalue weighted by Crippen LogP contribution is 2.13. The third-order valence-corrected chi connectivity index (χ3v) is 2.06. The normalized spacial score (nSPS) is 10.8. The third kappa shape index (κ3) is 2.33. The van der Waals surface area contributed by atoms with Gasteiger partial charge in [0.15, 0.2) is 0 Å². The van der Waals surface area contributed by atoms with Gasteiger partial charge in [0.25, 0.3) is 5.69 Å². The molecule has 1 N–H and O–H groups in total. The van der Waals surface area contributed by atoms with Gasteiger partial charge in [0, 0.05) is 24.5 Å². The van der Waals surface area contributed by atoms with Crippen LogP contribution in [0.1, 0.15) is 11.4 Å². The van der Waals surface area contributed by atoms with Crippen molar-refractivity contribution in [2.24, 2.45) is 0 Å². The standard InChI is InChI=1S/C11H9N3O2/c15-14(16)10-4-1-9(2-5-10)3-6-11-12-7-8-13-11/h1-8H,(H,12,13). The zero-order valence-electron chi connectivity index (χ0n) is 8.33. The van der Waals surface area contributed by atoms with Crippen LogP contribution in [0.25, 0.3) is 12.2 Å². The molecule has 0 fully saturated rings. The van der Waals surface area contributed by atoms with E-state index >= 15 is 0 Å². The van der Waals surface area contributed by atoms with Gasteiger partial charge in [0.1, 0.15) is 5.82 Å². The van der Waals surface area contributed by atoms with Crippen molar-refractivity contribution in [1.29, 1.82) is 0 Å². The van der Waals surface area contributed by atoms with E-state index in [4.69, 9.17) is 0 Å². The first kappa shape index (κ1) is 10.1. The lowest BCUT2D eigenvalue weighted by atomic mass is 10.2. The van der Waals surface area contributed by atoms with Gasteiger partial charge in [0.05, 0.1) is 4.92 Å². The summed E-state index contributed by atoms with van der Waals surface area (Å²) in [6, 6.07) is 6.33. The smallest absolute Gasteiger partial charge is 0.269 e. The van der Waals surface area contributed by atoms with E-state index in [1.807, 2.05) is 6.08 Å². The molecule has 1 aromatic heterocycles. The van der Waals surface area contributed by atoms with Crippen LogP contribution in [-0.4, -0.2) is 14.9 Å². The van der Waals surface area contributed by atoms with Crippen LogP contribution in [0.15, 0.2) is 36.7 Å². The lowest BCUT2D eigenvalue weighted by Crippen LogP contribution is -1.86. The van der Waals surface area contributed by atoms with E-state index in [9.17, 15) is 10.1 Å². The van der Waals surface area contributed by atoms with Crippen LogP contribution in [0.3, 0.4) is 0 Å².